The number of nitrogens with zero attached hydrogens (tertiary/aromatic N) is 1. The predicted octanol–water partition coefficient (Wildman–Crippen LogP) is 1.22. The number of hydrogen-bond donors (Lipinski definition) is 1. The molecule has 1 heterocycles. The molecule has 0 saturated carbocycles. The molecule has 1 aliphatic rings. The lowest BCUT2D eigenvalue weighted by atomic mass is 10.2. The van der Waals surface area contributed by atoms with Gasteiger partial charge in [0.25, 0.3) is 5.91 Å². The molecule has 0 unspecified atom stereocenters. The number of rotatable bonds is 3. The van der Waals surface area contributed by atoms with Crippen LogP contribution in [0.15, 0.2) is 42.7 Å². The average Bonchev–Trinajstić information content (AvgIpc) is 2.40. The number of amides is 1. The van der Waals surface area contributed by atoms with Crippen molar-refractivity contribution < 1.29 is 9.53 Å². The van der Waals surface area contributed by atoms with Gasteiger partial charge in [0, 0.05) is 18.7 Å². The topological polar surface area (TPSA) is 41.6 Å². The van der Waals surface area contributed by atoms with E-state index in [1.807, 2.05) is 23.1 Å². The summed E-state index contributed by atoms with van der Waals surface area (Å²) < 4.78 is 5.24. The summed E-state index contributed by atoms with van der Waals surface area (Å²) in [7, 11) is 0. The summed E-state index contributed by atoms with van der Waals surface area (Å²) in [5.74, 6) is 0.518. The number of nitrogens with one attached hydrogen (secondary N) is 1. The van der Waals surface area contributed by atoms with Gasteiger partial charge in [-0.15, -0.1) is 0 Å². The van der Waals surface area contributed by atoms with Gasteiger partial charge >= 0.3 is 0 Å². The molecule has 1 fully saturated rings. The van der Waals surface area contributed by atoms with Crippen LogP contribution in [0, 0.1) is 0 Å². The molecule has 0 atom stereocenters. The number of morpholine rings is 1. The van der Waals surface area contributed by atoms with Crippen LogP contribution in [-0.2, 0) is 4.74 Å². The van der Waals surface area contributed by atoms with E-state index in [4.69, 9.17) is 4.74 Å². The molecule has 0 spiro atoms. The Bertz CT molecular complexity index is 397. The van der Waals surface area contributed by atoms with Gasteiger partial charge in [0.05, 0.1) is 13.2 Å². The fourth-order valence-electron chi connectivity index (χ4n) is 1.71. The molecule has 0 bridgehead atoms. The molecule has 0 aliphatic carbocycles. The van der Waals surface area contributed by atoms with Crippen LogP contribution >= 0.6 is 0 Å². The average molecular weight is 232 g/mol. The summed E-state index contributed by atoms with van der Waals surface area (Å²) >= 11 is 0. The first-order valence-corrected chi connectivity index (χ1v) is 5.65. The third-order valence-corrected chi connectivity index (χ3v) is 2.69. The highest BCUT2D eigenvalue weighted by Crippen LogP contribution is 2.05. The Morgan fingerprint density at radius 1 is 1.24 bits per heavy atom. The van der Waals surface area contributed by atoms with Crippen LogP contribution in [0.25, 0.3) is 0 Å². The Kier molecular flexibility index (Phi) is 3.77. The standard InChI is InChI=1S/C13H16N2O2/c1-11(15-7-9-17-10-8-15)14-13(16)12-5-3-2-4-6-12/h2-6H,1,7-10H2,(H,14,16). The number of hydrogen-bond acceptors (Lipinski definition) is 3. The minimum Gasteiger partial charge on any atom is -0.378 e. The van der Waals surface area contributed by atoms with Crippen molar-refractivity contribution in [1.29, 1.82) is 0 Å². The summed E-state index contributed by atoms with van der Waals surface area (Å²) in [6.07, 6.45) is 0. The van der Waals surface area contributed by atoms with Gasteiger partial charge in [0.1, 0.15) is 5.82 Å². The van der Waals surface area contributed by atoms with Crippen molar-refractivity contribution in [3.8, 4) is 0 Å². The fourth-order valence-corrected chi connectivity index (χ4v) is 1.71. The van der Waals surface area contributed by atoms with Gasteiger partial charge in [-0.1, -0.05) is 24.8 Å². The van der Waals surface area contributed by atoms with Gasteiger partial charge in [-0.05, 0) is 12.1 Å². The monoisotopic (exact) mass is 232 g/mol. The van der Waals surface area contributed by atoms with Gasteiger partial charge in [-0.2, -0.15) is 0 Å². The van der Waals surface area contributed by atoms with Crippen molar-refractivity contribution in [3.05, 3.63) is 48.3 Å². The SMILES string of the molecule is C=C(NC(=O)c1ccccc1)N1CCOCC1. The zero-order chi connectivity index (χ0) is 12.1. The summed E-state index contributed by atoms with van der Waals surface area (Å²) in [6.45, 7) is 6.79. The highest BCUT2D eigenvalue weighted by molar-refractivity contribution is 5.95. The normalized spacial score (nSPS) is 15.4. The van der Waals surface area contributed by atoms with Gasteiger partial charge in [0.2, 0.25) is 0 Å². The first-order valence-electron chi connectivity index (χ1n) is 5.65. The molecular formula is C13H16N2O2. The first kappa shape index (κ1) is 11.7. The van der Waals surface area contributed by atoms with E-state index in [1.54, 1.807) is 12.1 Å². The maximum Gasteiger partial charge on any atom is 0.256 e. The van der Waals surface area contributed by atoms with Crippen molar-refractivity contribution >= 4 is 5.91 Å². The molecule has 0 aromatic heterocycles. The number of benzene rings is 1. The van der Waals surface area contributed by atoms with E-state index in [9.17, 15) is 4.79 Å². The molecular weight excluding hydrogens is 216 g/mol. The van der Waals surface area contributed by atoms with Crippen LogP contribution in [-0.4, -0.2) is 37.1 Å². The summed E-state index contributed by atoms with van der Waals surface area (Å²) in [5, 5.41) is 2.80. The van der Waals surface area contributed by atoms with E-state index in [2.05, 4.69) is 11.9 Å². The molecule has 1 aliphatic heterocycles. The maximum atomic E-state index is 11.9. The lowest BCUT2D eigenvalue weighted by molar-refractivity contribution is 0.0496. The molecule has 17 heavy (non-hydrogen) atoms. The lowest BCUT2D eigenvalue weighted by Gasteiger charge is -2.30. The molecule has 1 aromatic carbocycles. The Morgan fingerprint density at radius 3 is 2.53 bits per heavy atom. The minimum atomic E-state index is -0.123. The van der Waals surface area contributed by atoms with Crippen molar-refractivity contribution in [2.24, 2.45) is 0 Å². The molecule has 2 rings (SSSR count). The Balaban J connectivity index is 1.92. The molecule has 4 heteroatoms. The molecule has 0 radical (unpaired) electrons. The summed E-state index contributed by atoms with van der Waals surface area (Å²) in [4.78, 5) is 13.9. The van der Waals surface area contributed by atoms with Crippen LogP contribution in [0.2, 0.25) is 0 Å². The minimum absolute atomic E-state index is 0.123. The Labute approximate surface area is 101 Å². The van der Waals surface area contributed by atoms with Gasteiger partial charge < -0.3 is 15.0 Å². The van der Waals surface area contributed by atoms with Crippen LogP contribution in [0.4, 0.5) is 0 Å². The van der Waals surface area contributed by atoms with Crippen LogP contribution in [0.1, 0.15) is 10.4 Å². The van der Waals surface area contributed by atoms with E-state index < -0.39 is 0 Å². The number of carbonyl (C=O) groups excluding carboxylic acids is 1. The highest BCUT2D eigenvalue weighted by atomic mass is 16.5. The van der Waals surface area contributed by atoms with E-state index in [-0.39, 0.29) is 5.91 Å². The van der Waals surface area contributed by atoms with Crippen LogP contribution in [0.3, 0.4) is 0 Å². The maximum absolute atomic E-state index is 11.9. The third-order valence-electron chi connectivity index (χ3n) is 2.69. The summed E-state index contributed by atoms with van der Waals surface area (Å²) in [6, 6.07) is 9.12. The van der Waals surface area contributed by atoms with Crippen LogP contribution in [0.5, 0.6) is 0 Å². The Hall–Kier alpha value is -1.81. The van der Waals surface area contributed by atoms with Crippen molar-refractivity contribution in [1.82, 2.24) is 10.2 Å². The molecule has 1 aromatic rings. The smallest absolute Gasteiger partial charge is 0.256 e. The molecule has 1 amide bonds. The van der Waals surface area contributed by atoms with E-state index in [0.29, 0.717) is 24.6 Å². The first-order chi connectivity index (χ1) is 8.27. The van der Waals surface area contributed by atoms with E-state index >= 15 is 0 Å². The van der Waals surface area contributed by atoms with E-state index in [1.165, 1.54) is 0 Å². The van der Waals surface area contributed by atoms with E-state index in [0.717, 1.165) is 13.1 Å². The zero-order valence-electron chi connectivity index (χ0n) is 9.69. The third kappa shape index (κ3) is 3.07. The summed E-state index contributed by atoms with van der Waals surface area (Å²) in [5.41, 5.74) is 0.641. The molecule has 1 saturated heterocycles. The quantitative estimate of drug-likeness (QED) is 0.852. The van der Waals surface area contributed by atoms with Crippen molar-refractivity contribution in [2.45, 2.75) is 0 Å². The number of ether oxygens (including phenoxy) is 1. The van der Waals surface area contributed by atoms with Crippen molar-refractivity contribution in [3.63, 3.8) is 0 Å². The van der Waals surface area contributed by atoms with Gasteiger partial charge in [0.15, 0.2) is 0 Å². The second-order valence-corrected chi connectivity index (χ2v) is 3.87. The number of carbonyl (C=O) groups is 1. The largest absolute Gasteiger partial charge is 0.378 e. The molecule has 90 valence electrons. The Morgan fingerprint density at radius 2 is 1.88 bits per heavy atom. The zero-order valence-corrected chi connectivity index (χ0v) is 9.69. The van der Waals surface area contributed by atoms with Crippen LogP contribution < -0.4 is 5.32 Å². The highest BCUT2D eigenvalue weighted by Gasteiger charge is 2.14. The molecule has 1 N–H and O–H groups in total. The predicted molar refractivity (Wildman–Crippen MR) is 65.4 cm³/mol. The lowest BCUT2D eigenvalue weighted by Crippen LogP contribution is -2.41. The van der Waals surface area contributed by atoms with Gasteiger partial charge in [-0.3, -0.25) is 4.79 Å². The van der Waals surface area contributed by atoms with Gasteiger partial charge in [-0.25, -0.2) is 0 Å². The second-order valence-electron chi connectivity index (χ2n) is 3.87. The fraction of sp³-hybridized carbons (Fsp3) is 0.308. The molecule has 4 nitrogen and oxygen atoms in total. The van der Waals surface area contributed by atoms with Crippen molar-refractivity contribution in [2.75, 3.05) is 26.3 Å². The second kappa shape index (κ2) is 5.50.